The van der Waals surface area contributed by atoms with Crippen LogP contribution in [-0.4, -0.2) is 36.5 Å². The highest BCUT2D eigenvalue weighted by Gasteiger charge is 2.30. The highest BCUT2D eigenvalue weighted by atomic mass is 16.2. The number of hydrogen-bond acceptors (Lipinski definition) is 2. The molecule has 1 saturated carbocycles. The van der Waals surface area contributed by atoms with E-state index in [-0.39, 0.29) is 5.92 Å². The van der Waals surface area contributed by atoms with Gasteiger partial charge in [0, 0.05) is 19.1 Å². The van der Waals surface area contributed by atoms with E-state index in [1.54, 1.807) is 0 Å². The van der Waals surface area contributed by atoms with Crippen LogP contribution in [0.3, 0.4) is 0 Å². The highest BCUT2D eigenvalue weighted by molar-refractivity contribution is 5.79. The number of carbonyl (C=O) groups is 1. The van der Waals surface area contributed by atoms with Crippen molar-refractivity contribution in [1.82, 2.24) is 10.2 Å². The van der Waals surface area contributed by atoms with Crippen LogP contribution >= 0.6 is 0 Å². The molecule has 1 aliphatic heterocycles. The minimum absolute atomic E-state index is 0.241. The van der Waals surface area contributed by atoms with Crippen LogP contribution in [0.15, 0.2) is 0 Å². The van der Waals surface area contributed by atoms with Gasteiger partial charge < -0.3 is 10.2 Å². The number of piperidine rings is 1. The van der Waals surface area contributed by atoms with Gasteiger partial charge in [-0.1, -0.05) is 19.3 Å². The number of amides is 1. The van der Waals surface area contributed by atoms with Crippen LogP contribution in [0, 0.1) is 5.92 Å². The highest BCUT2D eigenvalue weighted by Crippen LogP contribution is 2.25. The lowest BCUT2D eigenvalue weighted by Gasteiger charge is -2.36. The second-order valence-electron chi connectivity index (χ2n) is 5.46. The molecule has 2 rings (SSSR count). The molecule has 1 aliphatic carbocycles. The molecule has 1 heterocycles. The summed E-state index contributed by atoms with van der Waals surface area (Å²) in [5.74, 6) is 0.650. The van der Waals surface area contributed by atoms with Gasteiger partial charge in [-0.25, -0.2) is 0 Å². The Balaban J connectivity index is 1.93. The van der Waals surface area contributed by atoms with Gasteiger partial charge in [-0.2, -0.15) is 0 Å². The van der Waals surface area contributed by atoms with Gasteiger partial charge in [0.15, 0.2) is 0 Å². The molecule has 2 fully saturated rings. The Hall–Kier alpha value is -0.570. The second kappa shape index (κ2) is 6.39. The molecule has 17 heavy (non-hydrogen) atoms. The maximum Gasteiger partial charge on any atom is 0.227 e. The molecule has 0 aromatic heterocycles. The van der Waals surface area contributed by atoms with Crippen molar-refractivity contribution in [3.8, 4) is 0 Å². The summed E-state index contributed by atoms with van der Waals surface area (Å²) in [6.45, 7) is 4.99. The molecule has 0 aromatic carbocycles. The van der Waals surface area contributed by atoms with E-state index in [1.165, 1.54) is 32.1 Å². The Morgan fingerprint density at radius 3 is 2.53 bits per heavy atom. The van der Waals surface area contributed by atoms with Gasteiger partial charge in [0.1, 0.15) is 0 Å². The lowest BCUT2D eigenvalue weighted by atomic mass is 9.91. The van der Waals surface area contributed by atoms with E-state index in [9.17, 15) is 4.79 Å². The molecule has 1 N–H and O–H groups in total. The Morgan fingerprint density at radius 2 is 1.94 bits per heavy atom. The standard InChI is InChI=1S/C14H26N2O/c1-2-16(13-8-4-3-5-9-13)14(17)12-7-6-10-15-11-12/h12-13,15H,2-11H2,1H3. The predicted octanol–water partition coefficient (Wildman–Crippen LogP) is 2.17. The zero-order chi connectivity index (χ0) is 12.1. The molecule has 1 atom stereocenters. The van der Waals surface area contributed by atoms with E-state index in [0.717, 1.165) is 32.5 Å². The molecule has 3 heteroatoms. The SMILES string of the molecule is CCN(C(=O)C1CCCNC1)C1CCCCC1. The van der Waals surface area contributed by atoms with E-state index in [2.05, 4.69) is 17.1 Å². The van der Waals surface area contributed by atoms with Crippen LogP contribution in [0.2, 0.25) is 0 Å². The molecule has 98 valence electrons. The monoisotopic (exact) mass is 238 g/mol. The van der Waals surface area contributed by atoms with Gasteiger partial charge in [0.25, 0.3) is 0 Å². The number of nitrogens with zero attached hydrogens (tertiary/aromatic N) is 1. The Labute approximate surface area is 105 Å². The normalized spacial score (nSPS) is 26.8. The Morgan fingerprint density at radius 1 is 1.18 bits per heavy atom. The third kappa shape index (κ3) is 3.21. The first-order chi connectivity index (χ1) is 8.33. The molecule has 0 bridgehead atoms. The molecule has 1 saturated heterocycles. The molecular formula is C14H26N2O. The van der Waals surface area contributed by atoms with Gasteiger partial charge in [-0.05, 0) is 39.2 Å². The Bertz CT molecular complexity index is 243. The van der Waals surface area contributed by atoms with Crippen molar-refractivity contribution in [2.45, 2.75) is 57.9 Å². The lowest BCUT2D eigenvalue weighted by Crippen LogP contribution is -2.47. The van der Waals surface area contributed by atoms with Crippen LogP contribution in [0.1, 0.15) is 51.9 Å². The van der Waals surface area contributed by atoms with E-state index < -0.39 is 0 Å². The molecule has 0 spiro atoms. The summed E-state index contributed by atoms with van der Waals surface area (Å²) < 4.78 is 0. The maximum absolute atomic E-state index is 12.5. The second-order valence-corrected chi connectivity index (χ2v) is 5.46. The topological polar surface area (TPSA) is 32.3 Å². The summed E-state index contributed by atoms with van der Waals surface area (Å²) in [6.07, 6.45) is 8.63. The Kier molecular flexibility index (Phi) is 4.84. The fourth-order valence-electron chi connectivity index (χ4n) is 3.28. The number of carbonyl (C=O) groups excluding carboxylic acids is 1. The van der Waals surface area contributed by atoms with E-state index in [4.69, 9.17) is 0 Å². The maximum atomic E-state index is 12.5. The largest absolute Gasteiger partial charge is 0.340 e. The summed E-state index contributed by atoms with van der Waals surface area (Å²) in [4.78, 5) is 14.7. The first-order valence-electron chi connectivity index (χ1n) is 7.34. The number of rotatable bonds is 3. The van der Waals surface area contributed by atoms with Crippen LogP contribution in [0.5, 0.6) is 0 Å². The van der Waals surface area contributed by atoms with Crippen molar-refractivity contribution in [2.75, 3.05) is 19.6 Å². The van der Waals surface area contributed by atoms with Gasteiger partial charge in [-0.3, -0.25) is 4.79 Å². The van der Waals surface area contributed by atoms with Crippen molar-refractivity contribution < 1.29 is 4.79 Å². The fourth-order valence-corrected chi connectivity index (χ4v) is 3.28. The van der Waals surface area contributed by atoms with Crippen molar-refractivity contribution in [1.29, 1.82) is 0 Å². The number of hydrogen-bond donors (Lipinski definition) is 1. The minimum Gasteiger partial charge on any atom is -0.340 e. The first kappa shape index (κ1) is 12.9. The molecule has 1 amide bonds. The fraction of sp³-hybridized carbons (Fsp3) is 0.929. The summed E-state index contributed by atoms with van der Waals surface area (Å²) in [6, 6.07) is 0.531. The summed E-state index contributed by atoms with van der Waals surface area (Å²) in [5, 5.41) is 3.35. The average Bonchev–Trinajstić information content (AvgIpc) is 2.42. The van der Waals surface area contributed by atoms with Gasteiger partial charge >= 0.3 is 0 Å². The van der Waals surface area contributed by atoms with Gasteiger partial charge in [0.2, 0.25) is 5.91 Å². The third-order valence-corrected chi connectivity index (χ3v) is 4.29. The minimum atomic E-state index is 0.241. The summed E-state index contributed by atoms with van der Waals surface area (Å²) in [7, 11) is 0. The molecular weight excluding hydrogens is 212 g/mol. The van der Waals surface area contributed by atoms with Gasteiger partial charge in [-0.15, -0.1) is 0 Å². The van der Waals surface area contributed by atoms with Gasteiger partial charge in [0.05, 0.1) is 5.92 Å². The third-order valence-electron chi connectivity index (χ3n) is 4.29. The molecule has 1 unspecified atom stereocenters. The molecule has 3 nitrogen and oxygen atoms in total. The molecule has 0 aromatic rings. The van der Waals surface area contributed by atoms with E-state index in [1.807, 2.05) is 0 Å². The average molecular weight is 238 g/mol. The van der Waals surface area contributed by atoms with E-state index >= 15 is 0 Å². The quantitative estimate of drug-likeness (QED) is 0.817. The lowest BCUT2D eigenvalue weighted by molar-refractivity contribution is -0.138. The van der Waals surface area contributed by atoms with E-state index in [0.29, 0.717) is 11.9 Å². The summed E-state index contributed by atoms with van der Waals surface area (Å²) in [5.41, 5.74) is 0. The predicted molar refractivity (Wildman–Crippen MR) is 69.9 cm³/mol. The first-order valence-corrected chi connectivity index (χ1v) is 7.34. The molecule has 0 radical (unpaired) electrons. The van der Waals surface area contributed by atoms with Crippen molar-refractivity contribution in [3.05, 3.63) is 0 Å². The van der Waals surface area contributed by atoms with Crippen LogP contribution in [-0.2, 0) is 4.79 Å². The smallest absolute Gasteiger partial charge is 0.227 e. The zero-order valence-corrected chi connectivity index (χ0v) is 11.1. The number of nitrogens with one attached hydrogen (secondary N) is 1. The van der Waals surface area contributed by atoms with Crippen molar-refractivity contribution in [3.63, 3.8) is 0 Å². The van der Waals surface area contributed by atoms with Crippen LogP contribution < -0.4 is 5.32 Å². The van der Waals surface area contributed by atoms with Crippen LogP contribution in [0.4, 0.5) is 0 Å². The zero-order valence-electron chi connectivity index (χ0n) is 11.1. The summed E-state index contributed by atoms with van der Waals surface area (Å²) >= 11 is 0. The molecule has 2 aliphatic rings. The van der Waals surface area contributed by atoms with Crippen LogP contribution in [0.25, 0.3) is 0 Å². The van der Waals surface area contributed by atoms with Crippen molar-refractivity contribution >= 4 is 5.91 Å². The van der Waals surface area contributed by atoms with Crippen molar-refractivity contribution in [2.24, 2.45) is 5.92 Å².